The van der Waals surface area contributed by atoms with Crippen LogP contribution in [0.25, 0.3) is 0 Å². The minimum atomic E-state index is 0.497. The fourth-order valence-electron chi connectivity index (χ4n) is 2.08. The number of nitrogens with one attached hydrogen (secondary N) is 1. The average molecular weight is 235 g/mol. The Morgan fingerprint density at radius 1 is 1.41 bits per heavy atom. The van der Waals surface area contributed by atoms with Gasteiger partial charge < -0.3 is 10.2 Å². The van der Waals surface area contributed by atoms with Crippen molar-refractivity contribution in [3.8, 4) is 0 Å². The van der Waals surface area contributed by atoms with Crippen LogP contribution in [-0.4, -0.2) is 24.6 Å². The molecule has 0 aromatic carbocycles. The third kappa shape index (κ3) is 3.70. The van der Waals surface area contributed by atoms with E-state index in [0.717, 1.165) is 25.3 Å². The first-order chi connectivity index (χ1) is 8.10. The Hall–Kier alpha value is -1.09. The summed E-state index contributed by atoms with van der Waals surface area (Å²) >= 11 is 0. The van der Waals surface area contributed by atoms with Crippen LogP contribution in [0.2, 0.25) is 0 Å². The Kier molecular flexibility index (Phi) is 5.42. The number of hydrogen-bond acceptors (Lipinski definition) is 3. The Bertz CT molecular complexity index is 347. The molecule has 1 heterocycles. The van der Waals surface area contributed by atoms with Gasteiger partial charge in [-0.2, -0.15) is 0 Å². The van der Waals surface area contributed by atoms with Gasteiger partial charge in [0.05, 0.1) is 0 Å². The predicted octanol–water partition coefficient (Wildman–Crippen LogP) is 2.73. The molecule has 17 heavy (non-hydrogen) atoms. The fraction of sp³-hybridized carbons (Fsp3) is 0.643. The quantitative estimate of drug-likeness (QED) is 0.821. The van der Waals surface area contributed by atoms with Crippen molar-refractivity contribution in [2.24, 2.45) is 0 Å². The van der Waals surface area contributed by atoms with E-state index in [1.165, 1.54) is 11.1 Å². The van der Waals surface area contributed by atoms with Crippen molar-refractivity contribution in [1.29, 1.82) is 0 Å². The fourth-order valence-corrected chi connectivity index (χ4v) is 2.08. The van der Waals surface area contributed by atoms with Gasteiger partial charge in [-0.15, -0.1) is 0 Å². The molecule has 3 nitrogen and oxygen atoms in total. The minimum absolute atomic E-state index is 0.497. The summed E-state index contributed by atoms with van der Waals surface area (Å²) < 4.78 is 0. The normalized spacial score (nSPS) is 10.9. The van der Waals surface area contributed by atoms with Gasteiger partial charge in [0.25, 0.3) is 0 Å². The third-order valence-electron chi connectivity index (χ3n) is 2.85. The molecule has 0 saturated heterocycles. The number of aromatic nitrogens is 1. The van der Waals surface area contributed by atoms with Crippen LogP contribution in [0.15, 0.2) is 12.3 Å². The molecular formula is C14H25N3. The number of pyridine rings is 1. The number of rotatable bonds is 6. The Morgan fingerprint density at radius 2 is 2.12 bits per heavy atom. The van der Waals surface area contributed by atoms with Crippen molar-refractivity contribution in [2.75, 3.05) is 18.5 Å². The molecule has 3 heteroatoms. The zero-order valence-corrected chi connectivity index (χ0v) is 11.7. The van der Waals surface area contributed by atoms with Gasteiger partial charge in [-0.1, -0.05) is 6.92 Å². The maximum Gasteiger partial charge on any atom is 0.131 e. The van der Waals surface area contributed by atoms with Crippen LogP contribution in [0.1, 0.15) is 38.3 Å². The van der Waals surface area contributed by atoms with Gasteiger partial charge in [0.1, 0.15) is 5.82 Å². The topological polar surface area (TPSA) is 28.2 Å². The van der Waals surface area contributed by atoms with Crippen molar-refractivity contribution in [3.05, 3.63) is 23.4 Å². The second kappa shape index (κ2) is 6.60. The summed E-state index contributed by atoms with van der Waals surface area (Å²) in [4.78, 5) is 7.00. The van der Waals surface area contributed by atoms with Crippen molar-refractivity contribution in [3.63, 3.8) is 0 Å². The van der Waals surface area contributed by atoms with Crippen LogP contribution in [0, 0.1) is 6.92 Å². The first-order valence-electron chi connectivity index (χ1n) is 6.46. The Balaban J connectivity index is 2.95. The SMILES string of the molecule is CCCN(c1ncc(CNC)cc1C)C(C)C. The molecule has 0 radical (unpaired) electrons. The van der Waals surface area contributed by atoms with E-state index >= 15 is 0 Å². The molecule has 0 amide bonds. The average Bonchev–Trinajstić information content (AvgIpc) is 2.27. The summed E-state index contributed by atoms with van der Waals surface area (Å²) in [5.74, 6) is 1.13. The lowest BCUT2D eigenvalue weighted by atomic mass is 10.1. The molecule has 1 aromatic heterocycles. The van der Waals surface area contributed by atoms with Crippen LogP contribution in [-0.2, 0) is 6.54 Å². The van der Waals surface area contributed by atoms with Gasteiger partial charge in [0.15, 0.2) is 0 Å². The lowest BCUT2D eigenvalue weighted by molar-refractivity contribution is 0.659. The number of anilines is 1. The first kappa shape index (κ1) is 14.0. The summed E-state index contributed by atoms with van der Waals surface area (Å²) in [6.45, 7) is 10.7. The predicted molar refractivity (Wildman–Crippen MR) is 74.5 cm³/mol. The molecular weight excluding hydrogens is 210 g/mol. The maximum absolute atomic E-state index is 4.62. The smallest absolute Gasteiger partial charge is 0.131 e. The molecule has 0 saturated carbocycles. The highest BCUT2D eigenvalue weighted by molar-refractivity contribution is 5.48. The maximum atomic E-state index is 4.62. The minimum Gasteiger partial charge on any atom is -0.354 e. The highest BCUT2D eigenvalue weighted by Crippen LogP contribution is 2.20. The molecule has 0 bridgehead atoms. The van der Waals surface area contributed by atoms with E-state index < -0.39 is 0 Å². The Morgan fingerprint density at radius 3 is 2.59 bits per heavy atom. The van der Waals surface area contributed by atoms with E-state index in [9.17, 15) is 0 Å². The standard InChI is InChI=1S/C14H25N3/c1-6-7-17(11(2)3)14-12(4)8-13(9-15-5)10-16-14/h8,10-11,15H,6-7,9H2,1-5H3. The van der Waals surface area contributed by atoms with E-state index in [-0.39, 0.29) is 0 Å². The lowest BCUT2D eigenvalue weighted by Gasteiger charge is -2.29. The van der Waals surface area contributed by atoms with Gasteiger partial charge in [0, 0.05) is 25.3 Å². The van der Waals surface area contributed by atoms with E-state index in [2.05, 4.69) is 49.0 Å². The summed E-state index contributed by atoms with van der Waals surface area (Å²) in [6, 6.07) is 2.72. The van der Waals surface area contributed by atoms with Gasteiger partial charge >= 0.3 is 0 Å². The number of hydrogen-bond donors (Lipinski definition) is 1. The van der Waals surface area contributed by atoms with Crippen LogP contribution < -0.4 is 10.2 Å². The molecule has 1 rings (SSSR count). The lowest BCUT2D eigenvalue weighted by Crippen LogP contribution is -2.32. The molecule has 0 atom stereocenters. The highest BCUT2D eigenvalue weighted by atomic mass is 15.2. The molecule has 1 aromatic rings. The van der Waals surface area contributed by atoms with Crippen molar-refractivity contribution in [2.45, 2.75) is 46.7 Å². The molecule has 1 N–H and O–H groups in total. The zero-order valence-electron chi connectivity index (χ0n) is 11.7. The monoisotopic (exact) mass is 235 g/mol. The second-order valence-corrected chi connectivity index (χ2v) is 4.80. The van der Waals surface area contributed by atoms with Gasteiger partial charge in [0.2, 0.25) is 0 Å². The molecule has 96 valence electrons. The van der Waals surface area contributed by atoms with Gasteiger partial charge in [-0.3, -0.25) is 0 Å². The van der Waals surface area contributed by atoms with Gasteiger partial charge in [-0.25, -0.2) is 4.98 Å². The molecule has 0 aliphatic rings. The first-order valence-corrected chi connectivity index (χ1v) is 6.46. The van der Waals surface area contributed by atoms with Crippen molar-refractivity contribution < 1.29 is 0 Å². The molecule has 0 unspecified atom stereocenters. The van der Waals surface area contributed by atoms with Crippen LogP contribution in [0.5, 0.6) is 0 Å². The summed E-state index contributed by atoms with van der Waals surface area (Å²) in [5.41, 5.74) is 2.51. The summed E-state index contributed by atoms with van der Waals surface area (Å²) in [6.07, 6.45) is 3.13. The Labute approximate surface area is 105 Å². The third-order valence-corrected chi connectivity index (χ3v) is 2.85. The molecule has 0 aliphatic carbocycles. The number of nitrogens with zero attached hydrogens (tertiary/aromatic N) is 2. The zero-order chi connectivity index (χ0) is 12.8. The van der Waals surface area contributed by atoms with E-state index in [0.29, 0.717) is 6.04 Å². The molecule has 0 fully saturated rings. The van der Waals surface area contributed by atoms with Crippen LogP contribution >= 0.6 is 0 Å². The van der Waals surface area contributed by atoms with Crippen molar-refractivity contribution >= 4 is 5.82 Å². The van der Waals surface area contributed by atoms with Crippen LogP contribution in [0.4, 0.5) is 5.82 Å². The summed E-state index contributed by atoms with van der Waals surface area (Å²) in [7, 11) is 1.96. The summed E-state index contributed by atoms with van der Waals surface area (Å²) in [5, 5.41) is 3.15. The second-order valence-electron chi connectivity index (χ2n) is 4.80. The van der Waals surface area contributed by atoms with E-state index in [1.807, 2.05) is 13.2 Å². The van der Waals surface area contributed by atoms with Crippen molar-refractivity contribution in [1.82, 2.24) is 10.3 Å². The van der Waals surface area contributed by atoms with E-state index in [1.54, 1.807) is 0 Å². The molecule has 0 spiro atoms. The van der Waals surface area contributed by atoms with Crippen LogP contribution in [0.3, 0.4) is 0 Å². The number of aryl methyl sites for hydroxylation is 1. The molecule has 0 aliphatic heterocycles. The largest absolute Gasteiger partial charge is 0.354 e. The highest BCUT2D eigenvalue weighted by Gasteiger charge is 2.13. The van der Waals surface area contributed by atoms with Gasteiger partial charge in [-0.05, 0) is 51.4 Å². The van der Waals surface area contributed by atoms with E-state index in [4.69, 9.17) is 0 Å².